The van der Waals surface area contributed by atoms with Gasteiger partial charge < -0.3 is 4.90 Å². The van der Waals surface area contributed by atoms with Crippen molar-refractivity contribution in [2.75, 3.05) is 31.1 Å². The predicted molar refractivity (Wildman–Crippen MR) is 87.9 cm³/mol. The van der Waals surface area contributed by atoms with Crippen LogP contribution in [0.4, 0.5) is 5.82 Å². The average molecular weight is 297 g/mol. The highest BCUT2D eigenvalue weighted by molar-refractivity contribution is 5.38. The second-order valence-corrected chi connectivity index (χ2v) is 5.90. The van der Waals surface area contributed by atoms with Gasteiger partial charge in [0.25, 0.3) is 0 Å². The molecule has 0 atom stereocenters. The van der Waals surface area contributed by atoms with Crippen LogP contribution in [0, 0.1) is 13.8 Å². The highest BCUT2D eigenvalue weighted by Gasteiger charge is 2.16. The molecule has 22 heavy (non-hydrogen) atoms. The zero-order chi connectivity index (χ0) is 15.4. The van der Waals surface area contributed by atoms with Crippen LogP contribution in [0.1, 0.15) is 23.5 Å². The summed E-state index contributed by atoms with van der Waals surface area (Å²) in [4.78, 5) is 18.0. The van der Waals surface area contributed by atoms with E-state index in [0.29, 0.717) is 0 Å². The molecule has 0 unspecified atom stereocenters. The summed E-state index contributed by atoms with van der Waals surface area (Å²) in [5, 5.41) is 0. The van der Waals surface area contributed by atoms with E-state index in [4.69, 9.17) is 0 Å². The van der Waals surface area contributed by atoms with Crippen LogP contribution in [-0.4, -0.2) is 46.0 Å². The van der Waals surface area contributed by atoms with Crippen LogP contribution in [0.25, 0.3) is 0 Å². The summed E-state index contributed by atoms with van der Waals surface area (Å²) in [7, 11) is 0. The monoisotopic (exact) mass is 297 g/mol. The van der Waals surface area contributed by atoms with Crippen molar-refractivity contribution in [3.05, 3.63) is 47.7 Å². The Hall–Kier alpha value is -2.01. The second kappa shape index (κ2) is 6.83. The van der Waals surface area contributed by atoms with E-state index in [1.807, 2.05) is 19.9 Å². The van der Waals surface area contributed by atoms with Crippen molar-refractivity contribution in [3.63, 3.8) is 0 Å². The first-order chi connectivity index (χ1) is 10.7. The topological polar surface area (TPSA) is 45.2 Å². The Bertz CT molecular complexity index is 628. The molecule has 0 saturated carbocycles. The quantitative estimate of drug-likeness (QED) is 0.869. The van der Waals surface area contributed by atoms with Gasteiger partial charge in [0.2, 0.25) is 0 Å². The minimum Gasteiger partial charge on any atom is -0.355 e. The van der Waals surface area contributed by atoms with Gasteiger partial charge in [-0.1, -0.05) is 6.07 Å². The maximum absolute atomic E-state index is 4.61. The molecule has 1 fully saturated rings. The van der Waals surface area contributed by atoms with Crippen molar-refractivity contribution in [1.82, 2.24) is 19.9 Å². The fourth-order valence-electron chi connectivity index (χ4n) is 2.89. The average Bonchev–Trinajstić information content (AvgIpc) is 2.73. The Balaban J connectivity index is 1.62. The highest BCUT2D eigenvalue weighted by atomic mass is 15.2. The number of rotatable bonds is 3. The van der Waals surface area contributed by atoms with Gasteiger partial charge in [0.05, 0.1) is 5.69 Å². The summed E-state index contributed by atoms with van der Waals surface area (Å²) in [6.45, 7) is 9.19. The third kappa shape index (κ3) is 3.80. The largest absolute Gasteiger partial charge is 0.355 e. The first kappa shape index (κ1) is 14.9. The van der Waals surface area contributed by atoms with Crippen LogP contribution in [-0.2, 0) is 6.54 Å². The molecule has 5 nitrogen and oxygen atoms in total. The summed E-state index contributed by atoms with van der Waals surface area (Å²) in [6.07, 6.45) is 2.80. The van der Waals surface area contributed by atoms with Gasteiger partial charge in [-0.15, -0.1) is 0 Å². The molecule has 0 aliphatic carbocycles. The molecule has 2 aromatic rings. The number of aromatic nitrogens is 3. The molecular weight excluding hydrogens is 274 g/mol. The van der Waals surface area contributed by atoms with Gasteiger partial charge in [0.15, 0.2) is 0 Å². The molecule has 116 valence electrons. The van der Waals surface area contributed by atoms with E-state index in [-0.39, 0.29) is 0 Å². The number of nitrogens with zero attached hydrogens (tertiary/aromatic N) is 5. The van der Waals surface area contributed by atoms with Gasteiger partial charge in [-0.2, -0.15) is 0 Å². The van der Waals surface area contributed by atoms with E-state index in [1.54, 1.807) is 6.33 Å². The van der Waals surface area contributed by atoms with Crippen molar-refractivity contribution < 1.29 is 0 Å². The van der Waals surface area contributed by atoms with Crippen LogP contribution < -0.4 is 4.90 Å². The Morgan fingerprint density at radius 2 is 1.91 bits per heavy atom. The molecule has 1 aliphatic heterocycles. The van der Waals surface area contributed by atoms with E-state index in [2.05, 4.69) is 43.0 Å². The first-order valence-corrected chi connectivity index (χ1v) is 7.89. The summed E-state index contributed by atoms with van der Waals surface area (Å²) >= 11 is 0. The Morgan fingerprint density at radius 1 is 1.00 bits per heavy atom. The van der Waals surface area contributed by atoms with Crippen LogP contribution in [0.2, 0.25) is 0 Å². The summed E-state index contributed by atoms with van der Waals surface area (Å²) in [6, 6.07) is 8.32. The van der Waals surface area contributed by atoms with Crippen molar-refractivity contribution in [3.8, 4) is 0 Å². The van der Waals surface area contributed by atoms with Gasteiger partial charge >= 0.3 is 0 Å². The molecule has 1 saturated heterocycles. The SMILES string of the molecule is Cc1cc(N2CCCN(Cc3cccc(C)n3)CC2)ncn1. The fraction of sp³-hybridized carbons (Fsp3) is 0.471. The van der Waals surface area contributed by atoms with E-state index in [1.165, 1.54) is 0 Å². The highest BCUT2D eigenvalue weighted by Crippen LogP contribution is 2.15. The lowest BCUT2D eigenvalue weighted by molar-refractivity contribution is 0.282. The molecule has 3 heterocycles. The minimum atomic E-state index is 0.929. The molecule has 0 N–H and O–H groups in total. The maximum Gasteiger partial charge on any atom is 0.132 e. The Labute approximate surface area is 132 Å². The molecular formula is C17H23N5. The number of pyridine rings is 1. The molecule has 0 aromatic carbocycles. The smallest absolute Gasteiger partial charge is 0.132 e. The van der Waals surface area contributed by atoms with Crippen molar-refractivity contribution in [2.45, 2.75) is 26.8 Å². The van der Waals surface area contributed by atoms with Gasteiger partial charge in [-0.3, -0.25) is 9.88 Å². The van der Waals surface area contributed by atoms with Crippen LogP contribution in [0.3, 0.4) is 0 Å². The van der Waals surface area contributed by atoms with E-state index < -0.39 is 0 Å². The third-order valence-corrected chi connectivity index (χ3v) is 4.03. The normalized spacial score (nSPS) is 16.5. The van der Waals surface area contributed by atoms with Gasteiger partial charge in [0, 0.05) is 50.2 Å². The summed E-state index contributed by atoms with van der Waals surface area (Å²) < 4.78 is 0. The fourth-order valence-corrected chi connectivity index (χ4v) is 2.89. The Kier molecular flexibility index (Phi) is 4.63. The molecule has 5 heteroatoms. The van der Waals surface area contributed by atoms with E-state index in [0.717, 1.165) is 62.0 Å². The molecule has 1 aliphatic rings. The van der Waals surface area contributed by atoms with Gasteiger partial charge in [-0.25, -0.2) is 9.97 Å². The lowest BCUT2D eigenvalue weighted by Gasteiger charge is -2.22. The Morgan fingerprint density at radius 3 is 2.73 bits per heavy atom. The predicted octanol–water partition coefficient (Wildman–Crippen LogP) is 2.20. The second-order valence-electron chi connectivity index (χ2n) is 5.90. The van der Waals surface area contributed by atoms with Crippen LogP contribution >= 0.6 is 0 Å². The summed E-state index contributed by atoms with van der Waals surface area (Å²) in [5.74, 6) is 1.04. The third-order valence-electron chi connectivity index (χ3n) is 4.03. The molecule has 0 amide bonds. The van der Waals surface area contributed by atoms with E-state index in [9.17, 15) is 0 Å². The van der Waals surface area contributed by atoms with Gasteiger partial charge in [-0.05, 0) is 32.4 Å². The number of hydrogen-bond donors (Lipinski definition) is 0. The van der Waals surface area contributed by atoms with Crippen LogP contribution in [0.15, 0.2) is 30.6 Å². The number of anilines is 1. The lowest BCUT2D eigenvalue weighted by Crippen LogP contribution is -2.31. The zero-order valence-corrected chi connectivity index (χ0v) is 13.4. The van der Waals surface area contributed by atoms with Crippen molar-refractivity contribution >= 4 is 5.82 Å². The standard InChI is InChI=1S/C17H23N5/c1-14-5-3-6-16(20-14)12-21-7-4-8-22(10-9-21)17-11-15(2)18-13-19-17/h3,5-6,11,13H,4,7-10,12H2,1-2H3. The van der Waals surface area contributed by atoms with Crippen molar-refractivity contribution in [2.24, 2.45) is 0 Å². The molecule has 3 rings (SSSR count). The van der Waals surface area contributed by atoms with Crippen LogP contribution in [0.5, 0.6) is 0 Å². The molecule has 0 bridgehead atoms. The number of aryl methyl sites for hydroxylation is 2. The zero-order valence-electron chi connectivity index (χ0n) is 13.4. The molecule has 0 spiro atoms. The summed E-state index contributed by atoms with van der Waals surface area (Å²) in [5.41, 5.74) is 3.27. The maximum atomic E-state index is 4.61. The lowest BCUT2D eigenvalue weighted by atomic mass is 10.3. The number of hydrogen-bond acceptors (Lipinski definition) is 5. The molecule has 2 aromatic heterocycles. The molecule has 0 radical (unpaired) electrons. The minimum absolute atomic E-state index is 0.929. The first-order valence-electron chi connectivity index (χ1n) is 7.89. The van der Waals surface area contributed by atoms with Crippen molar-refractivity contribution in [1.29, 1.82) is 0 Å². The van der Waals surface area contributed by atoms with E-state index >= 15 is 0 Å². The van der Waals surface area contributed by atoms with Gasteiger partial charge in [0.1, 0.15) is 12.1 Å².